The number of nitrogens with zero attached hydrogens (tertiary/aromatic N) is 8. The molecule has 0 aliphatic heterocycles. The number of amidine groups is 1. The third-order valence-corrected chi connectivity index (χ3v) is 19.3. The molecule has 0 spiro atoms. The predicted octanol–water partition coefficient (Wildman–Crippen LogP) is 18.0. The second-order valence-corrected chi connectivity index (χ2v) is 30.7. The van der Waals surface area contributed by atoms with E-state index in [2.05, 4.69) is 278 Å². The molecule has 0 saturated carbocycles. The molecule has 109 heavy (non-hydrogen) atoms. The van der Waals surface area contributed by atoms with Gasteiger partial charge in [0, 0.05) is 38.2 Å². The molecule has 47 heteroatoms. The number of halogens is 14. The Hall–Kier alpha value is -3.65. The first-order valence-corrected chi connectivity index (χ1v) is 43.2. The van der Waals surface area contributed by atoms with Crippen molar-refractivity contribution in [3.05, 3.63) is 203 Å². The summed E-state index contributed by atoms with van der Waals surface area (Å²) in [7, 11) is 0. The number of benzene rings is 7. The smallest absolute Gasteiger partial charge is 0.336 e. The summed E-state index contributed by atoms with van der Waals surface area (Å²) in [5.74, 6) is 12.2. The van der Waals surface area contributed by atoms with Crippen molar-refractivity contribution in [1.82, 2.24) is 35.8 Å². The molecular weight excluding hydrogens is 2570 g/mol. The molecule has 0 aliphatic rings. The number of phenolic OH excluding ortho intramolecular Hbond substituents is 5. The SMILES string of the molecule is C.CC(=O)c1cc(Br)c(O)c(Br)c1.CI.CSC(N)=NN.CSc1ncc(-c2cc(Br)c(O)c(Br)c2)nn1.I.NNC(N)=S.NO.O=C(/C=N\O)c1cc(Br)c(O)c(Br)c1.O=CC(=O)c1cc(Br)c(O)c(Br)c1.O=[Se]=O.OCc1ccc(Br)cc1.Oc1c(Br)cc(-c2cnc(OCc3ccc(Br)cc3)nn2)cc1Br.[2HH]. The van der Waals surface area contributed by atoms with Crippen LogP contribution in [0.2, 0.25) is 0 Å². The van der Waals surface area contributed by atoms with Gasteiger partial charge >= 0.3 is 28.5 Å². The number of ether oxygens (including phenoxy) is 1. The zero-order valence-electron chi connectivity index (χ0n) is 55.0. The number of aliphatic hydroxyl groups excluding tert-OH is 1. The van der Waals surface area contributed by atoms with Gasteiger partial charge in [-0.25, -0.2) is 21.7 Å². The number of hydrogen-bond acceptors (Lipinski definition) is 29. The van der Waals surface area contributed by atoms with E-state index in [9.17, 15) is 44.7 Å². The van der Waals surface area contributed by atoms with Crippen LogP contribution in [0.15, 0.2) is 191 Å². The molecule has 0 unspecified atom stereocenters. The van der Waals surface area contributed by atoms with Crippen LogP contribution in [0.1, 0.15) is 58.0 Å². The second-order valence-electron chi connectivity index (χ2n) is 18.0. The molecule has 9 rings (SSSR count). The van der Waals surface area contributed by atoms with Crippen molar-refractivity contribution in [3.63, 3.8) is 0 Å². The number of rotatable bonds is 12. The summed E-state index contributed by atoms with van der Waals surface area (Å²) in [6.45, 7) is 1.96. The number of phenols is 5. The van der Waals surface area contributed by atoms with Gasteiger partial charge < -0.3 is 68.5 Å². The number of aromatic hydroxyl groups is 5. The normalized spacial score (nSPS) is 9.57. The Labute approximate surface area is 777 Å². The molecule has 9 aromatic rings. The van der Waals surface area contributed by atoms with Gasteiger partial charge in [-0.05, 0) is 292 Å². The summed E-state index contributed by atoms with van der Waals surface area (Å²) in [5.41, 5.74) is 17.8. The van der Waals surface area contributed by atoms with Crippen LogP contribution in [0, 0.1) is 0 Å². The molecule has 0 fully saturated rings. The fourth-order valence-electron chi connectivity index (χ4n) is 6.13. The van der Waals surface area contributed by atoms with Crippen LogP contribution in [-0.2, 0) is 25.7 Å². The van der Waals surface area contributed by atoms with Crippen LogP contribution in [0.25, 0.3) is 22.5 Å². The fourth-order valence-corrected chi connectivity index (χ4v) is 13.0. The van der Waals surface area contributed by atoms with Gasteiger partial charge in [-0.1, -0.05) is 120 Å². The maximum Gasteiger partial charge on any atom is 0.336 e. The molecule has 2 heterocycles. The van der Waals surface area contributed by atoms with E-state index >= 15 is 0 Å². The minimum atomic E-state index is -1.62. The van der Waals surface area contributed by atoms with Crippen molar-refractivity contribution < 1.29 is 74.1 Å². The molecule has 0 aliphatic carbocycles. The van der Waals surface area contributed by atoms with Crippen molar-refractivity contribution in [2.75, 3.05) is 17.4 Å². The Morgan fingerprint density at radius 2 is 0.917 bits per heavy atom. The second kappa shape index (κ2) is 63.6. The summed E-state index contributed by atoms with van der Waals surface area (Å²) in [4.78, 5) is 53.6. The number of aliphatic hydroxyl groups is 1. The Morgan fingerprint density at radius 1 is 0.596 bits per heavy atom. The third-order valence-electron chi connectivity index (χ3n) is 11.1. The molecule has 0 saturated heterocycles. The molecule has 0 atom stereocenters. The number of ketones is 3. The van der Waals surface area contributed by atoms with Crippen LogP contribution in [0.5, 0.6) is 34.8 Å². The third kappa shape index (κ3) is 44.7. The van der Waals surface area contributed by atoms with E-state index < -0.39 is 26.4 Å². The quantitative estimate of drug-likeness (QED) is 0.00431. The molecule has 594 valence electrons. The molecule has 0 bridgehead atoms. The Balaban J connectivity index is -0.000000389. The van der Waals surface area contributed by atoms with E-state index in [0.29, 0.717) is 84.2 Å². The van der Waals surface area contributed by atoms with Crippen LogP contribution < -0.4 is 39.2 Å². The average Bonchev–Trinajstić information content (AvgIpc) is 0.832. The van der Waals surface area contributed by atoms with Gasteiger partial charge in [0.25, 0.3) is 0 Å². The van der Waals surface area contributed by atoms with E-state index in [1.54, 1.807) is 48.8 Å². The van der Waals surface area contributed by atoms with Crippen LogP contribution >= 0.6 is 273 Å². The largest absolute Gasteiger partial charge is 0.506 e. The zero-order chi connectivity index (χ0) is 82.2. The van der Waals surface area contributed by atoms with Crippen molar-refractivity contribution in [1.29, 1.82) is 0 Å². The number of Topliss-reactive ketones (excluding diaryl/α,β-unsaturated/α-hetero) is 3. The number of alkyl halides is 1. The van der Waals surface area contributed by atoms with E-state index in [1.165, 1.54) is 54.7 Å². The van der Waals surface area contributed by atoms with E-state index in [0.717, 1.165) is 37.4 Å². The minimum absolute atomic E-state index is 0. The van der Waals surface area contributed by atoms with Crippen LogP contribution in [-0.4, -0.2) is 144 Å². The monoisotopic (exact) mass is 2620 g/mol. The first-order chi connectivity index (χ1) is 50.6. The van der Waals surface area contributed by atoms with Gasteiger partial charge in [0.1, 0.15) is 53.0 Å². The average molecular weight is 2630 g/mol. The summed E-state index contributed by atoms with van der Waals surface area (Å²) >= 11 is 45.8. The first-order valence-electron chi connectivity index (χ1n) is 27.3. The number of oxime groups is 1. The predicted molar refractivity (Wildman–Crippen MR) is 491 cm³/mol. The topological polar surface area (TPSA) is 518 Å². The summed E-state index contributed by atoms with van der Waals surface area (Å²) in [6, 6.07) is 31.4. The molecule has 19 N–H and O–H groups in total. The van der Waals surface area contributed by atoms with Gasteiger partial charge in [-0.2, -0.15) is 5.10 Å². The summed E-state index contributed by atoms with van der Waals surface area (Å²) in [6.07, 6.45) is 7.95. The number of thioether (sulfide) groups is 2. The number of hydrogen-bond donors (Lipinski definition) is 14. The number of nitrogens with two attached hydrogens (primary N) is 5. The van der Waals surface area contributed by atoms with Crippen molar-refractivity contribution in [3.8, 4) is 57.3 Å². The van der Waals surface area contributed by atoms with Gasteiger partial charge in [0.15, 0.2) is 22.3 Å². The Bertz CT molecular complexity index is 4340. The number of hydrazone groups is 1. The van der Waals surface area contributed by atoms with Crippen molar-refractivity contribution in [2.45, 2.75) is 32.7 Å². The number of carbonyl (C=O) groups is 4. The van der Waals surface area contributed by atoms with Gasteiger partial charge in [-0.3, -0.25) is 19.2 Å². The Kier molecular flexibility index (Phi) is 65.2. The molecule has 7 aromatic carbocycles. The fraction of sp³-hybridized carbons (Fsp3) is 0.113. The molecule has 0 radical (unpaired) electrons. The van der Waals surface area contributed by atoms with E-state index in [1.807, 2.05) is 71.4 Å². The number of aldehydes is 1. The molecule has 2 aromatic heterocycles. The Morgan fingerprint density at radius 3 is 1.17 bits per heavy atom. The van der Waals surface area contributed by atoms with Gasteiger partial charge in [0.2, 0.25) is 16.7 Å². The number of thiocarbonyl (C=S) groups is 1. The number of hydrazine groups is 1. The van der Waals surface area contributed by atoms with Crippen molar-refractivity contribution >= 4 is 328 Å². The number of nitrogens with one attached hydrogen (secondary N) is 1. The number of aromatic nitrogens is 6. The standard InChI is InChI=1S/C16H10Br3N3O2.C10H7Br2N3OS.C8H5Br2NO3.C8H4Br2O3.C8H6Br2O2.C7H7BrO.C2H7N3S.CH3I.CH5N3S.CH4.HI.H3NO.O2Se.H2/c17-11-3-1-9(2-4-11)8-24-16-20-7-14(21-22-16)10-5-12(18)15(23)13(19)6-10;1-17-10-13-4-8(14-15-10)5-2-6(11)9(16)7(12)3-5;9-5-1-4(7(12)3-11-14)2-6(10)8(5)13;9-5-1-4(7(12)3-11)2-6(10)8(5)13;1-4(11)5-2-6(9)8(12)7(10)3-5;8-7-3-1-6(5-9)2-4-7;1-6-2(3)5-4;1-2;2-1(5)4-3;;;1-2;1-3-2;/h1-7,23H,8H2;2-4,16H,1H3;1-3,13-14H;1-3,13H;2-3,12H,1H3;1-4,9H,5H2;4H2,1H3,(H2,3,5);1H3;3H2,(H3,2,4,5);1H4;1H;2H,1H2;;1H/b;;11-3-;;;;;;;;;;;/i;;;;;;;;;;;;;1+1. The number of carbonyl (C=O) groups excluding carboxylic acids is 4. The maximum atomic E-state index is 11.2. The molecule has 29 nitrogen and oxygen atoms in total. The van der Waals surface area contributed by atoms with Gasteiger partial charge in [-0.15, -0.1) is 39.3 Å². The van der Waals surface area contributed by atoms with Crippen LogP contribution in [0.3, 0.4) is 0 Å². The van der Waals surface area contributed by atoms with Crippen LogP contribution in [0.4, 0.5) is 0 Å². The van der Waals surface area contributed by atoms with Gasteiger partial charge in [0.05, 0.1) is 63.7 Å². The molecular formula is C62H64Br12I2N14O15S3Se. The zero-order valence-corrected chi connectivity index (χ0v) is 82.7. The van der Waals surface area contributed by atoms with E-state index in [4.69, 9.17) is 45.2 Å². The first kappa shape index (κ1) is 112. The summed E-state index contributed by atoms with van der Waals surface area (Å²) in [5, 5.41) is 93.7. The minimum Gasteiger partial charge on any atom is -0.506 e. The molecule has 0 amide bonds. The van der Waals surface area contributed by atoms with E-state index in [-0.39, 0.29) is 96.9 Å². The summed E-state index contributed by atoms with van der Waals surface area (Å²) < 4.78 is 29.3. The van der Waals surface area contributed by atoms with Crippen molar-refractivity contribution in [2.24, 2.45) is 39.3 Å². The maximum absolute atomic E-state index is 11.2.